The van der Waals surface area contributed by atoms with Gasteiger partial charge >= 0.3 is 0 Å². The molecule has 152 valence electrons. The quantitative estimate of drug-likeness (QED) is 0.553. The topological polar surface area (TPSA) is 46.9 Å². The van der Waals surface area contributed by atoms with Gasteiger partial charge in [0.2, 0.25) is 0 Å². The van der Waals surface area contributed by atoms with Gasteiger partial charge in [-0.2, -0.15) is 0 Å². The number of nitrogens with one attached hydrogen (secondary N) is 1. The van der Waals surface area contributed by atoms with Gasteiger partial charge in [-0.25, -0.2) is 4.98 Å². The lowest BCUT2D eigenvalue weighted by Gasteiger charge is -2.46. The fourth-order valence-corrected chi connectivity index (χ4v) is 5.36. The minimum atomic E-state index is 0.0384. The zero-order valence-corrected chi connectivity index (χ0v) is 18.3. The van der Waals surface area contributed by atoms with E-state index in [1.165, 1.54) is 0 Å². The number of benzene rings is 2. The zero-order valence-electron chi connectivity index (χ0n) is 17.5. The molecule has 1 aromatic heterocycles. The molecule has 0 atom stereocenters. The highest BCUT2D eigenvalue weighted by molar-refractivity contribution is 6.32. The number of nitrogens with zero attached hydrogens (tertiary/aromatic N) is 2. The second-order valence-electron chi connectivity index (χ2n) is 9.56. The highest BCUT2D eigenvalue weighted by Crippen LogP contribution is 2.35. The number of rotatable bonds is 4. The van der Waals surface area contributed by atoms with E-state index in [-0.39, 0.29) is 16.9 Å². The number of para-hydroxylation sites is 2. The number of Topliss-reactive ketones (excluding diaryl/α,β-unsaturated/α-hetero) is 1. The first-order valence-electron chi connectivity index (χ1n) is 10.2. The van der Waals surface area contributed by atoms with Crippen LogP contribution in [-0.4, -0.2) is 26.4 Å². The number of carbonyl (C=O) groups is 1. The van der Waals surface area contributed by atoms with Gasteiger partial charge in [0.15, 0.2) is 5.78 Å². The number of ketones is 1. The molecule has 1 saturated heterocycles. The van der Waals surface area contributed by atoms with Crippen LogP contribution in [0.25, 0.3) is 16.7 Å². The summed E-state index contributed by atoms with van der Waals surface area (Å²) in [6.45, 7) is 8.86. The summed E-state index contributed by atoms with van der Waals surface area (Å²) in [5, 5.41) is 4.24. The van der Waals surface area contributed by atoms with Crippen LogP contribution in [0.5, 0.6) is 0 Å². The van der Waals surface area contributed by atoms with Crippen LogP contribution in [0.4, 0.5) is 0 Å². The van der Waals surface area contributed by atoms with Crippen LogP contribution in [0.1, 0.15) is 57.3 Å². The Labute approximate surface area is 177 Å². The second kappa shape index (κ2) is 7.26. The molecule has 3 aromatic rings. The van der Waals surface area contributed by atoms with Gasteiger partial charge < -0.3 is 5.32 Å². The Kier molecular flexibility index (Phi) is 5.04. The number of imidazole rings is 1. The van der Waals surface area contributed by atoms with E-state index < -0.39 is 0 Å². The Morgan fingerprint density at radius 3 is 2.52 bits per heavy atom. The van der Waals surface area contributed by atoms with Crippen LogP contribution in [0, 0.1) is 5.92 Å². The van der Waals surface area contributed by atoms with E-state index in [4.69, 9.17) is 11.6 Å². The van der Waals surface area contributed by atoms with Crippen molar-refractivity contribution in [3.05, 3.63) is 59.4 Å². The van der Waals surface area contributed by atoms with Gasteiger partial charge in [-0.3, -0.25) is 9.36 Å². The van der Waals surface area contributed by atoms with Crippen molar-refractivity contribution in [2.45, 2.75) is 58.0 Å². The van der Waals surface area contributed by atoms with Crippen molar-refractivity contribution in [3.8, 4) is 5.69 Å². The molecular formula is C24H28ClN3O. The number of piperidine rings is 1. The molecule has 0 aliphatic carbocycles. The number of hydrogen-bond donors (Lipinski definition) is 1. The first-order valence-corrected chi connectivity index (χ1v) is 10.6. The SMILES string of the molecule is CC1(C)CC(CC(=O)c2ccc(-n3cnc4ccccc43)c(Cl)c2)CC(C)(C)N1. The van der Waals surface area contributed by atoms with E-state index in [0.29, 0.717) is 22.9 Å². The van der Waals surface area contributed by atoms with E-state index in [2.05, 4.69) is 38.0 Å². The standard InChI is InChI=1S/C24H28ClN3O/c1-23(2)13-16(14-24(3,4)27-23)11-22(29)17-9-10-20(18(25)12-17)28-15-26-19-7-5-6-8-21(19)28/h5-10,12,15-16,27H,11,13-14H2,1-4H3. The summed E-state index contributed by atoms with van der Waals surface area (Å²) < 4.78 is 1.96. The molecule has 0 unspecified atom stereocenters. The maximum Gasteiger partial charge on any atom is 0.163 e. The summed E-state index contributed by atoms with van der Waals surface area (Å²) in [5.74, 6) is 0.525. The third-order valence-corrected chi connectivity index (χ3v) is 6.03. The molecule has 0 spiro atoms. The molecule has 0 bridgehead atoms. The summed E-state index contributed by atoms with van der Waals surface area (Å²) in [7, 11) is 0. The van der Waals surface area contributed by atoms with Gasteiger partial charge in [0.05, 0.1) is 21.7 Å². The second-order valence-corrected chi connectivity index (χ2v) is 9.97. The molecule has 4 nitrogen and oxygen atoms in total. The van der Waals surface area contributed by atoms with E-state index in [9.17, 15) is 4.79 Å². The Bertz CT molecular complexity index is 1050. The third kappa shape index (κ3) is 4.24. The molecule has 1 N–H and O–H groups in total. The zero-order chi connectivity index (χ0) is 20.8. The maximum atomic E-state index is 13.0. The molecule has 2 aromatic carbocycles. The van der Waals surface area contributed by atoms with Gasteiger partial charge in [0.1, 0.15) is 6.33 Å². The predicted molar refractivity (Wildman–Crippen MR) is 119 cm³/mol. The van der Waals surface area contributed by atoms with Crippen molar-refractivity contribution in [3.63, 3.8) is 0 Å². The molecule has 4 rings (SSSR count). The Morgan fingerprint density at radius 2 is 1.83 bits per heavy atom. The van der Waals surface area contributed by atoms with Crippen molar-refractivity contribution in [2.24, 2.45) is 5.92 Å². The molecule has 29 heavy (non-hydrogen) atoms. The number of carbonyl (C=O) groups excluding carboxylic acids is 1. The van der Waals surface area contributed by atoms with Crippen molar-refractivity contribution in [2.75, 3.05) is 0 Å². The summed E-state index contributed by atoms with van der Waals surface area (Å²) in [6, 6.07) is 13.5. The van der Waals surface area contributed by atoms with Crippen LogP contribution < -0.4 is 5.32 Å². The van der Waals surface area contributed by atoms with Gasteiger partial charge in [0, 0.05) is 23.1 Å². The van der Waals surface area contributed by atoms with Gasteiger partial charge in [-0.15, -0.1) is 0 Å². The first-order chi connectivity index (χ1) is 13.6. The molecular weight excluding hydrogens is 382 g/mol. The number of aromatic nitrogens is 2. The van der Waals surface area contributed by atoms with Crippen molar-refractivity contribution >= 4 is 28.4 Å². The molecule has 2 heterocycles. The fourth-order valence-electron chi connectivity index (χ4n) is 5.08. The minimum Gasteiger partial charge on any atom is -0.307 e. The minimum absolute atomic E-state index is 0.0384. The largest absolute Gasteiger partial charge is 0.307 e. The molecule has 0 amide bonds. The van der Waals surface area contributed by atoms with Crippen molar-refractivity contribution < 1.29 is 4.79 Å². The van der Waals surface area contributed by atoms with Crippen LogP contribution in [0.2, 0.25) is 5.02 Å². The van der Waals surface area contributed by atoms with Gasteiger partial charge in [0.25, 0.3) is 0 Å². The fraction of sp³-hybridized carbons (Fsp3) is 0.417. The monoisotopic (exact) mass is 409 g/mol. The molecule has 0 radical (unpaired) electrons. The van der Waals surface area contributed by atoms with Gasteiger partial charge in [-0.1, -0.05) is 23.7 Å². The van der Waals surface area contributed by atoms with E-state index >= 15 is 0 Å². The average molecular weight is 410 g/mol. The van der Waals surface area contributed by atoms with Crippen LogP contribution >= 0.6 is 11.6 Å². The molecule has 5 heteroatoms. The predicted octanol–water partition coefficient (Wildman–Crippen LogP) is 5.81. The number of halogens is 1. The van der Waals surface area contributed by atoms with E-state index in [1.807, 2.05) is 41.0 Å². The number of hydrogen-bond acceptors (Lipinski definition) is 3. The van der Waals surface area contributed by atoms with Crippen molar-refractivity contribution in [1.82, 2.24) is 14.9 Å². The lowest BCUT2D eigenvalue weighted by atomic mass is 9.74. The summed E-state index contributed by atoms with van der Waals surface area (Å²) >= 11 is 6.59. The van der Waals surface area contributed by atoms with Crippen LogP contribution in [0.15, 0.2) is 48.8 Å². The van der Waals surface area contributed by atoms with Gasteiger partial charge in [-0.05, 0) is 76.8 Å². The number of fused-ring (bicyclic) bond motifs is 1. The summed E-state index contributed by atoms with van der Waals surface area (Å²) in [5.41, 5.74) is 3.50. The van der Waals surface area contributed by atoms with Crippen LogP contribution in [0.3, 0.4) is 0 Å². The maximum absolute atomic E-state index is 13.0. The molecule has 1 fully saturated rings. The summed E-state index contributed by atoms with van der Waals surface area (Å²) in [6.07, 6.45) is 4.31. The average Bonchev–Trinajstić information content (AvgIpc) is 3.02. The lowest BCUT2D eigenvalue weighted by Crippen LogP contribution is -2.57. The lowest BCUT2D eigenvalue weighted by molar-refractivity contribution is 0.0864. The Morgan fingerprint density at radius 1 is 1.14 bits per heavy atom. The molecule has 1 aliphatic heterocycles. The van der Waals surface area contributed by atoms with E-state index in [0.717, 1.165) is 29.6 Å². The van der Waals surface area contributed by atoms with E-state index in [1.54, 1.807) is 12.4 Å². The Hall–Kier alpha value is -2.17. The Balaban J connectivity index is 1.56. The van der Waals surface area contributed by atoms with Crippen molar-refractivity contribution in [1.29, 1.82) is 0 Å². The molecule has 0 saturated carbocycles. The highest BCUT2D eigenvalue weighted by Gasteiger charge is 2.38. The third-order valence-electron chi connectivity index (χ3n) is 5.73. The normalized spacial score (nSPS) is 18.8. The smallest absolute Gasteiger partial charge is 0.163 e. The first kappa shape index (κ1) is 20.1. The van der Waals surface area contributed by atoms with Crippen LogP contribution in [-0.2, 0) is 0 Å². The summed E-state index contributed by atoms with van der Waals surface area (Å²) in [4.78, 5) is 17.4. The molecule has 1 aliphatic rings. The highest BCUT2D eigenvalue weighted by atomic mass is 35.5.